The zero-order valence-electron chi connectivity index (χ0n) is 12.5. The number of nitrogens with one attached hydrogen (secondary N) is 2. The molecule has 0 aliphatic carbocycles. The van der Waals surface area contributed by atoms with E-state index in [0.29, 0.717) is 17.9 Å². The smallest absolute Gasteiger partial charge is 0.123 e. The van der Waals surface area contributed by atoms with E-state index in [1.807, 2.05) is 7.05 Å². The molecular formula is C16H26N2O. The maximum atomic E-state index is 5.56. The van der Waals surface area contributed by atoms with Gasteiger partial charge in [-0.1, -0.05) is 26.0 Å². The molecule has 1 aliphatic rings. The van der Waals surface area contributed by atoms with Gasteiger partial charge in [-0.3, -0.25) is 0 Å². The van der Waals surface area contributed by atoms with E-state index in [9.17, 15) is 0 Å². The van der Waals surface area contributed by atoms with Crippen LogP contribution < -0.4 is 15.4 Å². The fourth-order valence-electron chi connectivity index (χ4n) is 2.96. The Morgan fingerprint density at radius 2 is 2.16 bits per heavy atom. The van der Waals surface area contributed by atoms with Crippen molar-refractivity contribution >= 4 is 0 Å². The van der Waals surface area contributed by atoms with Crippen LogP contribution >= 0.6 is 0 Å². The van der Waals surface area contributed by atoms with Crippen LogP contribution in [0.25, 0.3) is 0 Å². The molecule has 1 heterocycles. The van der Waals surface area contributed by atoms with Gasteiger partial charge in [0.1, 0.15) is 5.75 Å². The minimum absolute atomic E-state index is 0.364. The summed E-state index contributed by atoms with van der Waals surface area (Å²) in [7, 11) is 3.80. The van der Waals surface area contributed by atoms with E-state index < -0.39 is 0 Å². The first-order chi connectivity index (χ1) is 9.17. The van der Waals surface area contributed by atoms with Crippen molar-refractivity contribution in [1.29, 1.82) is 0 Å². The molecule has 1 aromatic carbocycles. The summed E-state index contributed by atoms with van der Waals surface area (Å²) in [4.78, 5) is 0. The van der Waals surface area contributed by atoms with Crippen LogP contribution in [-0.4, -0.2) is 27.2 Å². The van der Waals surface area contributed by atoms with Gasteiger partial charge in [-0.05, 0) is 50.0 Å². The first-order valence-corrected chi connectivity index (χ1v) is 7.23. The van der Waals surface area contributed by atoms with E-state index in [1.165, 1.54) is 17.5 Å². The molecule has 1 aliphatic heterocycles. The van der Waals surface area contributed by atoms with E-state index in [-0.39, 0.29) is 0 Å². The second kappa shape index (κ2) is 6.40. The van der Waals surface area contributed by atoms with Crippen LogP contribution in [0.2, 0.25) is 0 Å². The second-order valence-electron chi connectivity index (χ2n) is 5.68. The van der Waals surface area contributed by atoms with Crippen molar-refractivity contribution < 1.29 is 4.74 Å². The van der Waals surface area contributed by atoms with Crippen LogP contribution in [0.1, 0.15) is 43.4 Å². The molecule has 2 unspecified atom stereocenters. The van der Waals surface area contributed by atoms with Crippen LogP contribution in [0, 0.1) is 5.92 Å². The van der Waals surface area contributed by atoms with Gasteiger partial charge in [0, 0.05) is 11.6 Å². The monoisotopic (exact) mass is 262 g/mol. The van der Waals surface area contributed by atoms with Crippen molar-refractivity contribution in [3.63, 3.8) is 0 Å². The largest absolute Gasteiger partial charge is 0.496 e. The van der Waals surface area contributed by atoms with Gasteiger partial charge in [0.05, 0.1) is 7.11 Å². The van der Waals surface area contributed by atoms with Gasteiger partial charge in [0.15, 0.2) is 0 Å². The summed E-state index contributed by atoms with van der Waals surface area (Å²) < 4.78 is 5.56. The lowest BCUT2D eigenvalue weighted by atomic mass is 9.89. The van der Waals surface area contributed by atoms with Crippen molar-refractivity contribution in [3.8, 4) is 5.75 Å². The van der Waals surface area contributed by atoms with E-state index in [0.717, 1.165) is 18.8 Å². The summed E-state index contributed by atoms with van der Waals surface area (Å²) in [6.07, 6.45) is 1.22. The number of hydrogen-bond acceptors (Lipinski definition) is 3. The molecule has 0 radical (unpaired) electrons. The predicted molar refractivity (Wildman–Crippen MR) is 79.9 cm³/mol. The van der Waals surface area contributed by atoms with E-state index in [1.54, 1.807) is 7.11 Å². The summed E-state index contributed by atoms with van der Waals surface area (Å²) in [5.74, 6) is 2.18. The minimum Gasteiger partial charge on any atom is -0.496 e. The van der Waals surface area contributed by atoms with Crippen molar-refractivity contribution in [3.05, 3.63) is 29.3 Å². The first kappa shape index (κ1) is 14.4. The SMILES string of the molecule is CNC(c1cc(C(C)C)ccc1OC)C1CCNC1. The summed E-state index contributed by atoms with van der Waals surface area (Å²) in [5, 5.41) is 6.93. The number of benzene rings is 1. The highest BCUT2D eigenvalue weighted by Gasteiger charge is 2.27. The fraction of sp³-hybridized carbons (Fsp3) is 0.625. The van der Waals surface area contributed by atoms with E-state index in [4.69, 9.17) is 4.74 Å². The number of rotatable bonds is 5. The van der Waals surface area contributed by atoms with E-state index >= 15 is 0 Å². The van der Waals surface area contributed by atoms with Crippen molar-refractivity contribution in [2.75, 3.05) is 27.2 Å². The molecule has 0 bridgehead atoms. The molecule has 1 saturated heterocycles. The Bertz CT molecular complexity index is 411. The average Bonchev–Trinajstić information content (AvgIpc) is 2.93. The van der Waals surface area contributed by atoms with Crippen molar-refractivity contribution in [1.82, 2.24) is 10.6 Å². The Labute approximate surface area is 116 Å². The molecule has 1 aromatic rings. The number of methoxy groups -OCH3 is 1. The first-order valence-electron chi connectivity index (χ1n) is 7.23. The molecule has 3 nitrogen and oxygen atoms in total. The maximum Gasteiger partial charge on any atom is 0.123 e. The summed E-state index contributed by atoms with van der Waals surface area (Å²) in [6, 6.07) is 6.95. The minimum atomic E-state index is 0.364. The Morgan fingerprint density at radius 1 is 1.37 bits per heavy atom. The normalized spacial score (nSPS) is 20.8. The summed E-state index contributed by atoms with van der Waals surface area (Å²) in [6.45, 7) is 6.67. The van der Waals surface area contributed by atoms with Crippen LogP contribution in [0.15, 0.2) is 18.2 Å². The Kier molecular flexibility index (Phi) is 4.83. The van der Waals surface area contributed by atoms with Gasteiger partial charge in [-0.25, -0.2) is 0 Å². The van der Waals surface area contributed by atoms with Gasteiger partial charge in [0.25, 0.3) is 0 Å². The third-order valence-corrected chi connectivity index (χ3v) is 4.14. The molecule has 0 amide bonds. The Balaban J connectivity index is 2.35. The molecule has 3 heteroatoms. The molecule has 0 spiro atoms. The van der Waals surface area contributed by atoms with E-state index in [2.05, 4.69) is 42.7 Å². The average molecular weight is 262 g/mol. The third kappa shape index (κ3) is 3.10. The third-order valence-electron chi connectivity index (χ3n) is 4.14. The predicted octanol–water partition coefficient (Wildman–Crippen LogP) is 2.69. The molecule has 1 fully saturated rings. The number of hydrogen-bond donors (Lipinski definition) is 2. The highest BCUT2D eigenvalue weighted by molar-refractivity contribution is 5.41. The Morgan fingerprint density at radius 3 is 2.68 bits per heavy atom. The van der Waals surface area contributed by atoms with Gasteiger partial charge < -0.3 is 15.4 Å². The van der Waals surface area contributed by atoms with Crippen molar-refractivity contribution in [2.24, 2.45) is 5.92 Å². The second-order valence-corrected chi connectivity index (χ2v) is 5.68. The lowest BCUT2D eigenvalue weighted by molar-refractivity contribution is 0.369. The zero-order valence-corrected chi connectivity index (χ0v) is 12.5. The van der Waals surface area contributed by atoms with Gasteiger partial charge in [-0.15, -0.1) is 0 Å². The molecular weight excluding hydrogens is 236 g/mol. The standard InChI is InChI=1S/C16H26N2O/c1-11(2)12-5-6-15(19-4)14(9-12)16(17-3)13-7-8-18-10-13/h5-6,9,11,13,16-18H,7-8,10H2,1-4H3. The Hall–Kier alpha value is -1.06. The molecule has 19 heavy (non-hydrogen) atoms. The molecule has 2 atom stereocenters. The fourth-order valence-corrected chi connectivity index (χ4v) is 2.96. The molecule has 0 aromatic heterocycles. The summed E-state index contributed by atoms with van der Waals surface area (Å²) in [5.41, 5.74) is 2.67. The summed E-state index contributed by atoms with van der Waals surface area (Å²) >= 11 is 0. The maximum absolute atomic E-state index is 5.56. The molecule has 2 N–H and O–H groups in total. The lowest BCUT2D eigenvalue weighted by Gasteiger charge is -2.25. The van der Waals surface area contributed by atoms with Crippen LogP contribution in [0.4, 0.5) is 0 Å². The van der Waals surface area contributed by atoms with Crippen molar-refractivity contribution in [2.45, 2.75) is 32.2 Å². The topological polar surface area (TPSA) is 33.3 Å². The van der Waals surface area contributed by atoms with Gasteiger partial charge >= 0.3 is 0 Å². The lowest BCUT2D eigenvalue weighted by Crippen LogP contribution is -2.27. The van der Waals surface area contributed by atoms with Crippen LogP contribution in [0.5, 0.6) is 5.75 Å². The number of ether oxygens (including phenoxy) is 1. The quantitative estimate of drug-likeness (QED) is 0.856. The zero-order chi connectivity index (χ0) is 13.8. The molecule has 106 valence electrons. The highest BCUT2D eigenvalue weighted by atomic mass is 16.5. The van der Waals surface area contributed by atoms with Crippen LogP contribution in [0.3, 0.4) is 0 Å². The van der Waals surface area contributed by atoms with Gasteiger partial charge in [0.2, 0.25) is 0 Å². The molecule has 2 rings (SSSR count). The van der Waals surface area contributed by atoms with Gasteiger partial charge in [-0.2, -0.15) is 0 Å². The highest BCUT2D eigenvalue weighted by Crippen LogP contribution is 2.34. The van der Waals surface area contributed by atoms with Crippen LogP contribution in [-0.2, 0) is 0 Å². The molecule has 0 saturated carbocycles.